The summed E-state index contributed by atoms with van der Waals surface area (Å²) in [6.45, 7) is 5.40. The molecule has 1 atom stereocenters. The molecule has 0 radical (unpaired) electrons. The van der Waals surface area contributed by atoms with E-state index in [1.807, 2.05) is 13.8 Å². The normalized spacial score (nSPS) is 12.4. The molecule has 2 aromatic carbocycles. The van der Waals surface area contributed by atoms with Gasteiger partial charge in [-0.2, -0.15) is 0 Å². The predicted octanol–water partition coefficient (Wildman–Crippen LogP) is 5.02. The Bertz CT molecular complexity index is 1610. The van der Waals surface area contributed by atoms with Gasteiger partial charge in [-0.25, -0.2) is 24.3 Å². The van der Waals surface area contributed by atoms with Gasteiger partial charge in [-0.05, 0) is 55.7 Å². The number of benzene rings is 2. The highest BCUT2D eigenvalue weighted by atomic mass is 35.5. The van der Waals surface area contributed by atoms with Crippen molar-refractivity contribution in [1.29, 1.82) is 0 Å². The maximum absolute atomic E-state index is 14.4. The Morgan fingerprint density at radius 2 is 1.97 bits per heavy atom. The molecule has 0 aliphatic carbocycles. The number of hydrogen-bond donors (Lipinski definition) is 2. The molecule has 0 aliphatic heterocycles. The van der Waals surface area contributed by atoms with E-state index in [-0.39, 0.29) is 16.5 Å². The number of nitrogens with zero attached hydrogens (tertiary/aromatic N) is 5. The van der Waals surface area contributed by atoms with E-state index in [2.05, 4.69) is 25.3 Å². The highest BCUT2D eigenvalue weighted by molar-refractivity contribution is 6.31. The van der Waals surface area contributed by atoms with E-state index in [0.29, 0.717) is 45.5 Å². The van der Waals surface area contributed by atoms with Crippen LogP contribution >= 0.6 is 11.6 Å². The lowest BCUT2D eigenvalue weighted by molar-refractivity contribution is 0.619. The fourth-order valence-corrected chi connectivity index (χ4v) is 4.29. The van der Waals surface area contributed by atoms with Gasteiger partial charge < -0.3 is 10.3 Å². The van der Waals surface area contributed by atoms with Gasteiger partial charge in [0.1, 0.15) is 23.5 Å². The van der Waals surface area contributed by atoms with Crippen molar-refractivity contribution >= 4 is 39.5 Å². The van der Waals surface area contributed by atoms with E-state index < -0.39 is 11.9 Å². The molecule has 0 fully saturated rings. The van der Waals surface area contributed by atoms with Crippen LogP contribution in [0.1, 0.15) is 36.3 Å². The number of fused-ring (bicyclic) bond motifs is 2. The van der Waals surface area contributed by atoms with E-state index in [9.17, 15) is 9.18 Å². The molecular formula is C24H21ClFN7O. The SMILES string of the molecule is CC[C@H](Nc1ncnc2nc[nH]c12)c1nc2ccc(F)c(C)c2c(=O)n1-c1cccc(Cl)c1C. The lowest BCUT2D eigenvalue weighted by Crippen LogP contribution is -2.29. The molecular weight excluding hydrogens is 457 g/mol. The Kier molecular flexibility index (Phi) is 5.49. The number of imidazole rings is 1. The van der Waals surface area contributed by atoms with Crippen molar-refractivity contribution in [2.45, 2.75) is 33.2 Å². The van der Waals surface area contributed by atoms with Gasteiger partial charge in [0.15, 0.2) is 11.5 Å². The Balaban J connectivity index is 1.79. The maximum Gasteiger partial charge on any atom is 0.266 e. The minimum Gasteiger partial charge on any atom is -0.358 e. The van der Waals surface area contributed by atoms with Crippen LogP contribution in [0.3, 0.4) is 0 Å². The summed E-state index contributed by atoms with van der Waals surface area (Å²) in [5, 5.41) is 4.13. The first-order valence-corrected chi connectivity index (χ1v) is 11.2. The van der Waals surface area contributed by atoms with Crippen LogP contribution in [0.5, 0.6) is 0 Å². The summed E-state index contributed by atoms with van der Waals surface area (Å²) >= 11 is 6.40. The van der Waals surface area contributed by atoms with E-state index in [1.54, 1.807) is 31.5 Å². The molecule has 0 bridgehead atoms. The van der Waals surface area contributed by atoms with Crippen LogP contribution in [0.4, 0.5) is 10.2 Å². The van der Waals surface area contributed by atoms with Gasteiger partial charge in [0, 0.05) is 5.02 Å². The molecule has 8 nitrogen and oxygen atoms in total. The van der Waals surface area contributed by atoms with Crippen molar-refractivity contribution in [1.82, 2.24) is 29.5 Å². The highest BCUT2D eigenvalue weighted by Crippen LogP contribution is 2.29. The summed E-state index contributed by atoms with van der Waals surface area (Å²) in [6, 6.07) is 7.78. The molecule has 3 heterocycles. The molecule has 5 aromatic rings. The molecule has 10 heteroatoms. The van der Waals surface area contributed by atoms with Crippen LogP contribution in [0.25, 0.3) is 27.8 Å². The Morgan fingerprint density at radius 3 is 2.76 bits per heavy atom. The van der Waals surface area contributed by atoms with Crippen LogP contribution in [0, 0.1) is 19.7 Å². The van der Waals surface area contributed by atoms with Gasteiger partial charge in [0.25, 0.3) is 5.56 Å². The number of hydrogen-bond acceptors (Lipinski definition) is 6. The monoisotopic (exact) mass is 477 g/mol. The lowest BCUT2D eigenvalue weighted by atomic mass is 10.1. The van der Waals surface area contributed by atoms with Crippen molar-refractivity contribution in [2.24, 2.45) is 0 Å². The average Bonchev–Trinajstić information content (AvgIpc) is 3.31. The number of halogens is 2. The fourth-order valence-electron chi connectivity index (χ4n) is 4.12. The van der Waals surface area contributed by atoms with Crippen molar-refractivity contribution < 1.29 is 4.39 Å². The van der Waals surface area contributed by atoms with Crippen LogP contribution in [-0.2, 0) is 0 Å². The molecule has 0 unspecified atom stereocenters. The van der Waals surface area contributed by atoms with Crippen LogP contribution in [0.15, 0.2) is 47.8 Å². The lowest BCUT2D eigenvalue weighted by Gasteiger charge is -2.23. The first-order valence-electron chi connectivity index (χ1n) is 10.8. The number of aromatic amines is 1. The minimum atomic E-state index is -0.457. The van der Waals surface area contributed by atoms with Crippen molar-refractivity contribution in [3.8, 4) is 5.69 Å². The highest BCUT2D eigenvalue weighted by Gasteiger charge is 2.24. The third kappa shape index (κ3) is 3.49. The standard InChI is InChI=1S/C24H21ClFN7O/c1-4-16(31-22-20-21(28-10-27-20)29-11-30-22)23-32-17-9-8-15(26)13(3)19(17)24(34)33(23)18-7-5-6-14(25)12(18)2/h5-11,16H,4H2,1-3H3,(H2,27,28,29,30,31)/t16-/m0/s1. The van der Waals surface area contributed by atoms with Crippen LogP contribution < -0.4 is 10.9 Å². The molecule has 3 aromatic heterocycles. The summed E-state index contributed by atoms with van der Waals surface area (Å²) in [7, 11) is 0. The second-order valence-corrected chi connectivity index (χ2v) is 8.40. The maximum atomic E-state index is 14.4. The Morgan fingerprint density at radius 1 is 1.15 bits per heavy atom. The molecule has 2 N–H and O–H groups in total. The Labute approximate surface area is 198 Å². The largest absolute Gasteiger partial charge is 0.358 e. The van der Waals surface area contributed by atoms with E-state index in [0.717, 1.165) is 5.56 Å². The van der Waals surface area contributed by atoms with Gasteiger partial charge in [-0.15, -0.1) is 0 Å². The summed E-state index contributed by atoms with van der Waals surface area (Å²) < 4.78 is 15.9. The van der Waals surface area contributed by atoms with Crippen LogP contribution in [0.2, 0.25) is 5.02 Å². The molecule has 172 valence electrons. The number of anilines is 1. The van der Waals surface area contributed by atoms with Gasteiger partial charge in [-0.3, -0.25) is 9.36 Å². The molecule has 34 heavy (non-hydrogen) atoms. The smallest absolute Gasteiger partial charge is 0.266 e. The summed E-state index contributed by atoms with van der Waals surface area (Å²) in [4.78, 5) is 34.4. The summed E-state index contributed by atoms with van der Waals surface area (Å²) in [5.74, 6) is 0.539. The number of rotatable bonds is 5. The fraction of sp³-hybridized carbons (Fsp3) is 0.208. The molecule has 0 saturated heterocycles. The topological polar surface area (TPSA) is 101 Å². The van der Waals surface area contributed by atoms with Gasteiger partial charge in [-0.1, -0.05) is 24.6 Å². The minimum absolute atomic E-state index is 0.232. The molecule has 0 amide bonds. The molecule has 5 rings (SSSR count). The zero-order valence-electron chi connectivity index (χ0n) is 18.7. The van der Waals surface area contributed by atoms with E-state index in [4.69, 9.17) is 16.6 Å². The van der Waals surface area contributed by atoms with E-state index in [1.165, 1.54) is 23.0 Å². The zero-order chi connectivity index (χ0) is 24.0. The van der Waals surface area contributed by atoms with Gasteiger partial charge >= 0.3 is 0 Å². The molecule has 0 saturated carbocycles. The van der Waals surface area contributed by atoms with Crippen molar-refractivity contribution in [2.75, 3.05) is 5.32 Å². The van der Waals surface area contributed by atoms with Gasteiger partial charge in [0.05, 0.1) is 29.0 Å². The number of nitrogens with one attached hydrogen (secondary N) is 2. The molecule has 0 aliphatic rings. The number of H-pyrrole nitrogens is 1. The average molecular weight is 478 g/mol. The number of aryl methyl sites for hydroxylation is 1. The number of aromatic nitrogens is 6. The third-order valence-corrected chi connectivity index (χ3v) is 6.40. The second-order valence-electron chi connectivity index (χ2n) is 7.99. The first-order chi connectivity index (χ1) is 16.4. The summed E-state index contributed by atoms with van der Waals surface area (Å²) in [5.41, 5.74) is 2.78. The summed E-state index contributed by atoms with van der Waals surface area (Å²) in [6.07, 6.45) is 3.55. The third-order valence-electron chi connectivity index (χ3n) is 5.99. The zero-order valence-corrected chi connectivity index (χ0v) is 19.5. The first kappa shape index (κ1) is 22.0. The predicted molar refractivity (Wildman–Crippen MR) is 130 cm³/mol. The Hall–Kier alpha value is -3.85. The van der Waals surface area contributed by atoms with Crippen LogP contribution in [-0.4, -0.2) is 29.5 Å². The van der Waals surface area contributed by atoms with E-state index >= 15 is 0 Å². The quantitative estimate of drug-likeness (QED) is 0.368. The van der Waals surface area contributed by atoms with Crippen molar-refractivity contribution in [3.05, 3.63) is 81.1 Å². The van der Waals surface area contributed by atoms with Gasteiger partial charge in [0.2, 0.25) is 0 Å². The van der Waals surface area contributed by atoms with Crippen molar-refractivity contribution in [3.63, 3.8) is 0 Å². The second kappa shape index (κ2) is 8.49. The molecule has 0 spiro atoms.